The number of H-pyrrole nitrogens is 1. The highest BCUT2D eigenvalue weighted by molar-refractivity contribution is 7.92. The van der Waals surface area contributed by atoms with E-state index >= 15 is 0 Å². The van der Waals surface area contributed by atoms with Crippen molar-refractivity contribution in [2.24, 2.45) is 0 Å². The van der Waals surface area contributed by atoms with Crippen LogP contribution in [0.25, 0.3) is 0 Å². The minimum Gasteiger partial charge on any atom is -0.332 e. The molecular formula is C10H10N4O2S2. The summed E-state index contributed by atoms with van der Waals surface area (Å²) in [5.41, 5.74) is 0.304. The third-order valence-corrected chi connectivity index (χ3v) is 4.46. The molecule has 94 valence electrons. The largest absolute Gasteiger partial charge is 0.332 e. The summed E-state index contributed by atoms with van der Waals surface area (Å²) in [6.45, 7) is 1.87. The number of imidazole rings is 1. The summed E-state index contributed by atoms with van der Waals surface area (Å²) in [5.74, 6) is 0.599. The van der Waals surface area contributed by atoms with Gasteiger partial charge in [-0.3, -0.25) is 4.72 Å². The molecule has 0 radical (unpaired) electrons. The zero-order valence-electron chi connectivity index (χ0n) is 9.47. The molecule has 0 aliphatic carbocycles. The van der Waals surface area contributed by atoms with Crippen LogP contribution in [0.4, 0.5) is 5.00 Å². The van der Waals surface area contributed by atoms with Crippen molar-refractivity contribution >= 4 is 26.4 Å². The van der Waals surface area contributed by atoms with Crippen LogP contribution in [0, 0.1) is 11.3 Å². The molecule has 18 heavy (non-hydrogen) atoms. The van der Waals surface area contributed by atoms with Gasteiger partial charge in [-0.15, -0.1) is 11.3 Å². The quantitative estimate of drug-likeness (QED) is 0.891. The van der Waals surface area contributed by atoms with E-state index in [2.05, 4.69) is 14.7 Å². The third kappa shape index (κ3) is 2.37. The molecule has 2 N–H and O–H groups in total. The van der Waals surface area contributed by atoms with Gasteiger partial charge in [0.2, 0.25) is 0 Å². The summed E-state index contributed by atoms with van der Waals surface area (Å²) >= 11 is 1.16. The predicted octanol–water partition coefficient (Wildman–Crippen LogP) is 1.71. The van der Waals surface area contributed by atoms with Crippen molar-refractivity contribution in [2.45, 2.75) is 18.4 Å². The number of nitrogens with one attached hydrogen (secondary N) is 2. The number of nitrogens with zero attached hydrogens (tertiary/aromatic N) is 2. The number of hydrogen-bond donors (Lipinski definition) is 2. The number of aryl methyl sites for hydroxylation is 1. The minimum absolute atomic E-state index is 0.00311. The second-order valence-electron chi connectivity index (χ2n) is 3.43. The Morgan fingerprint density at radius 2 is 2.39 bits per heavy atom. The highest BCUT2D eigenvalue weighted by atomic mass is 32.2. The fourth-order valence-corrected chi connectivity index (χ4v) is 3.32. The zero-order chi connectivity index (χ0) is 13.2. The highest BCUT2D eigenvalue weighted by Gasteiger charge is 2.19. The van der Waals surface area contributed by atoms with Crippen molar-refractivity contribution in [3.63, 3.8) is 0 Å². The number of rotatable bonds is 4. The fraction of sp³-hybridized carbons (Fsp3) is 0.200. The number of thiophene rings is 1. The molecule has 2 rings (SSSR count). The lowest BCUT2D eigenvalue weighted by Crippen LogP contribution is -2.13. The van der Waals surface area contributed by atoms with Gasteiger partial charge in [-0.2, -0.15) is 13.7 Å². The van der Waals surface area contributed by atoms with Gasteiger partial charge in [-0.1, -0.05) is 6.92 Å². The number of aromatic amines is 1. The van der Waals surface area contributed by atoms with Crippen LogP contribution in [-0.4, -0.2) is 18.4 Å². The van der Waals surface area contributed by atoms with Crippen LogP contribution in [0.2, 0.25) is 0 Å². The Balaban J connectivity index is 2.30. The average Bonchev–Trinajstić information content (AvgIpc) is 2.96. The Kier molecular flexibility index (Phi) is 3.36. The molecule has 0 atom stereocenters. The molecule has 0 fully saturated rings. The molecule has 0 bridgehead atoms. The van der Waals surface area contributed by atoms with E-state index in [0.717, 1.165) is 11.3 Å². The number of nitriles is 1. The molecule has 0 unspecified atom stereocenters. The van der Waals surface area contributed by atoms with Crippen molar-refractivity contribution in [1.29, 1.82) is 5.26 Å². The molecular weight excluding hydrogens is 272 g/mol. The highest BCUT2D eigenvalue weighted by Crippen LogP contribution is 2.24. The SMILES string of the molecule is CCc1ncc(S(=O)(=O)Nc2sccc2C#N)[nH]1. The predicted molar refractivity (Wildman–Crippen MR) is 67.8 cm³/mol. The maximum Gasteiger partial charge on any atom is 0.279 e. The van der Waals surface area contributed by atoms with E-state index in [4.69, 9.17) is 5.26 Å². The Bertz CT molecular complexity index is 694. The summed E-state index contributed by atoms with van der Waals surface area (Å²) in [6.07, 6.45) is 1.89. The molecule has 0 saturated heterocycles. The summed E-state index contributed by atoms with van der Waals surface area (Å²) < 4.78 is 26.4. The smallest absolute Gasteiger partial charge is 0.279 e. The molecule has 0 aliphatic rings. The summed E-state index contributed by atoms with van der Waals surface area (Å²) in [7, 11) is -3.71. The van der Waals surface area contributed by atoms with Crippen molar-refractivity contribution in [1.82, 2.24) is 9.97 Å². The van der Waals surface area contributed by atoms with Gasteiger partial charge >= 0.3 is 0 Å². The van der Waals surface area contributed by atoms with Crippen LogP contribution in [0.3, 0.4) is 0 Å². The molecule has 2 aromatic heterocycles. The third-order valence-electron chi connectivity index (χ3n) is 2.24. The van der Waals surface area contributed by atoms with Crippen molar-refractivity contribution in [3.8, 4) is 6.07 Å². The lowest BCUT2D eigenvalue weighted by Gasteiger charge is -2.03. The molecule has 0 aliphatic heterocycles. The average molecular weight is 282 g/mol. The molecule has 0 saturated carbocycles. The minimum atomic E-state index is -3.71. The van der Waals surface area contributed by atoms with Gasteiger partial charge in [0.25, 0.3) is 10.0 Å². The molecule has 0 spiro atoms. The topological polar surface area (TPSA) is 98.6 Å². The van der Waals surface area contributed by atoms with Gasteiger partial charge in [-0.05, 0) is 11.4 Å². The van der Waals surface area contributed by atoms with Crippen LogP contribution in [-0.2, 0) is 16.4 Å². The summed E-state index contributed by atoms with van der Waals surface area (Å²) in [5, 5.41) is 10.8. The maximum absolute atomic E-state index is 12.0. The standard InChI is InChI=1S/C10H10N4O2S2/c1-2-8-12-6-9(13-8)18(15,16)14-10-7(5-11)3-4-17-10/h3-4,6,14H,2H2,1H3,(H,12,13). The first-order valence-electron chi connectivity index (χ1n) is 5.11. The normalized spacial score (nSPS) is 11.1. The first kappa shape index (κ1) is 12.6. The van der Waals surface area contributed by atoms with Crippen LogP contribution in [0.5, 0.6) is 0 Å². The molecule has 8 heteroatoms. The number of aromatic nitrogens is 2. The van der Waals surface area contributed by atoms with E-state index < -0.39 is 10.0 Å². The number of hydrogen-bond acceptors (Lipinski definition) is 5. The molecule has 0 aromatic carbocycles. The van der Waals surface area contributed by atoms with Gasteiger partial charge in [0.1, 0.15) is 16.9 Å². The lowest BCUT2D eigenvalue weighted by molar-refractivity contribution is 0.598. The molecule has 2 heterocycles. The van der Waals surface area contributed by atoms with E-state index in [1.165, 1.54) is 6.20 Å². The van der Waals surface area contributed by atoms with Crippen molar-refractivity contribution < 1.29 is 8.42 Å². The second-order valence-corrected chi connectivity index (χ2v) is 6.00. The summed E-state index contributed by atoms with van der Waals surface area (Å²) in [6, 6.07) is 3.49. The Labute approximate surface area is 108 Å². The van der Waals surface area contributed by atoms with E-state index in [1.807, 2.05) is 13.0 Å². The monoisotopic (exact) mass is 282 g/mol. The van der Waals surface area contributed by atoms with Gasteiger partial charge in [0, 0.05) is 6.42 Å². The Morgan fingerprint density at radius 3 is 3.00 bits per heavy atom. The Morgan fingerprint density at radius 1 is 1.61 bits per heavy atom. The van der Waals surface area contributed by atoms with E-state index in [1.54, 1.807) is 11.4 Å². The van der Waals surface area contributed by atoms with Crippen molar-refractivity contribution in [2.75, 3.05) is 4.72 Å². The van der Waals surface area contributed by atoms with E-state index in [-0.39, 0.29) is 5.03 Å². The van der Waals surface area contributed by atoms with Crippen molar-refractivity contribution in [3.05, 3.63) is 29.0 Å². The van der Waals surface area contributed by atoms with E-state index in [0.29, 0.717) is 22.8 Å². The Hall–Kier alpha value is -1.85. The first-order chi connectivity index (χ1) is 8.56. The maximum atomic E-state index is 12.0. The molecule has 6 nitrogen and oxygen atoms in total. The van der Waals surface area contributed by atoms with Gasteiger partial charge in [-0.25, -0.2) is 4.98 Å². The van der Waals surface area contributed by atoms with Gasteiger partial charge < -0.3 is 4.98 Å². The van der Waals surface area contributed by atoms with Crippen LogP contribution in [0.1, 0.15) is 18.3 Å². The van der Waals surface area contributed by atoms with Crippen LogP contribution in [0.15, 0.2) is 22.7 Å². The van der Waals surface area contributed by atoms with Gasteiger partial charge in [0.15, 0.2) is 5.03 Å². The fourth-order valence-electron chi connectivity index (χ4n) is 1.31. The van der Waals surface area contributed by atoms with E-state index in [9.17, 15) is 8.42 Å². The molecule has 0 amide bonds. The number of anilines is 1. The first-order valence-corrected chi connectivity index (χ1v) is 7.47. The lowest BCUT2D eigenvalue weighted by atomic mass is 10.4. The van der Waals surface area contributed by atoms with Gasteiger partial charge in [0.05, 0.1) is 11.8 Å². The van der Waals surface area contributed by atoms with Crippen LogP contribution >= 0.6 is 11.3 Å². The zero-order valence-corrected chi connectivity index (χ0v) is 11.1. The summed E-state index contributed by atoms with van der Waals surface area (Å²) in [4.78, 5) is 6.65. The second kappa shape index (κ2) is 4.80. The van der Waals surface area contributed by atoms with Crippen LogP contribution < -0.4 is 4.72 Å². The number of sulfonamides is 1. The molecule has 2 aromatic rings.